The first-order valence-corrected chi connectivity index (χ1v) is 58.4. The molecule has 3 amide bonds. The number of fused-ring (bicyclic) bond motifs is 6. The van der Waals surface area contributed by atoms with Crippen molar-refractivity contribution >= 4 is 138 Å². The van der Waals surface area contributed by atoms with Gasteiger partial charge in [0.05, 0.1) is 104 Å². The Hall–Kier alpha value is -13.7. The number of rotatable bonds is 38. The van der Waals surface area contributed by atoms with Gasteiger partial charge < -0.3 is 43.5 Å². The van der Waals surface area contributed by atoms with Crippen LogP contribution in [0.25, 0.3) is 32.7 Å². The molecular weight excluding hydrogens is 2070 g/mol. The number of nitrogens with one attached hydrogen (secondary N) is 1. The number of carbonyl (C=O) groups excluding carboxylic acids is 3. The van der Waals surface area contributed by atoms with Crippen molar-refractivity contribution in [2.75, 3.05) is 153 Å². The summed E-state index contributed by atoms with van der Waals surface area (Å²) >= 11 is 0. The number of pyridine rings is 3. The summed E-state index contributed by atoms with van der Waals surface area (Å²) < 4.78 is 258. The lowest BCUT2D eigenvalue weighted by atomic mass is 9.98. The molecule has 36 nitrogen and oxygen atoms in total. The third kappa shape index (κ3) is 27.5. The van der Waals surface area contributed by atoms with Gasteiger partial charge in [0.2, 0.25) is 60.1 Å². The number of hydrogen-bond acceptors (Lipinski definition) is 27. The van der Waals surface area contributed by atoms with Gasteiger partial charge >= 0.3 is 0 Å². The summed E-state index contributed by atoms with van der Waals surface area (Å²) in [5, 5.41) is 4.25. The topological polar surface area (TPSA) is 431 Å². The van der Waals surface area contributed by atoms with Gasteiger partial charge in [-0.25, -0.2) is 76.6 Å². The predicted molar refractivity (Wildman–Crippen MR) is 562 cm³/mol. The van der Waals surface area contributed by atoms with Crippen molar-refractivity contribution in [3.63, 3.8) is 0 Å². The van der Waals surface area contributed by atoms with Crippen LogP contribution >= 0.6 is 0 Å². The highest BCUT2D eigenvalue weighted by atomic mass is 32.2. The molecule has 10 aromatic carbocycles. The molecule has 0 unspecified atom stereocenters. The number of nitrogens with zero attached hydrogens (tertiary/aromatic N) is 11. The lowest BCUT2D eigenvalue weighted by Crippen LogP contribution is -2.36. The van der Waals surface area contributed by atoms with E-state index in [1.165, 1.54) is 105 Å². The fourth-order valence-electron chi connectivity index (χ4n) is 16.4. The molecule has 3 aromatic heterocycles. The molecule has 0 atom stereocenters. The Morgan fingerprint density at radius 1 is 0.356 bits per heavy atom. The number of ether oxygens (including phenoxy) is 6. The van der Waals surface area contributed by atoms with Crippen LogP contribution in [0.5, 0.6) is 34.5 Å². The normalized spacial score (nSPS) is 13.2. The van der Waals surface area contributed by atoms with Gasteiger partial charge in [0.1, 0.15) is 71.1 Å². The van der Waals surface area contributed by atoms with Crippen LogP contribution in [0, 0.1) is 24.4 Å². The van der Waals surface area contributed by atoms with Crippen LogP contribution < -0.4 is 46.7 Å². The van der Waals surface area contributed by atoms with E-state index in [1.54, 1.807) is 113 Å². The molecule has 0 fully saturated rings. The Bertz CT molecular complexity index is 7800. The first kappa shape index (κ1) is 112. The first-order valence-electron chi connectivity index (χ1n) is 45.9. The molecule has 0 saturated carbocycles. The van der Waals surface area contributed by atoms with E-state index in [4.69, 9.17) is 42.6 Å². The highest BCUT2D eigenvalue weighted by molar-refractivity contribution is 7.92. The summed E-state index contributed by atoms with van der Waals surface area (Å²) in [6.07, 6.45) is 12.6. The number of amides is 3. The van der Waals surface area contributed by atoms with E-state index in [-0.39, 0.29) is 147 Å². The number of hydrogen-bond donors (Lipinski definition) is 1. The molecule has 149 heavy (non-hydrogen) atoms. The quantitative estimate of drug-likeness (QED) is 0.0351. The van der Waals surface area contributed by atoms with E-state index in [0.717, 1.165) is 115 Å². The second kappa shape index (κ2) is 46.6. The first-order chi connectivity index (χ1) is 70.1. The van der Waals surface area contributed by atoms with Crippen molar-refractivity contribution < 1.29 is 119 Å². The number of methoxy groups -OCH3 is 3. The second-order valence-electron chi connectivity index (χ2n) is 35.8. The molecule has 0 saturated heterocycles. The summed E-state index contributed by atoms with van der Waals surface area (Å²) in [4.78, 5) is 58.0. The van der Waals surface area contributed by atoms with Crippen molar-refractivity contribution in [1.29, 1.82) is 0 Å². The lowest BCUT2D eigenvalue weighted by molar-refractivity contribution is 0.0763. The maximum atomic E-state index is 14.0. The summed E-state index contributed by atoms with van der Waals surface area (Å²) in [6, 6.07) is 51.8. The average molecular weight is 2180 g/mol. The molecule has 3 aliphatic heterocycles. The standard InChI is InChI=1S/2C32H35FN4O7S2.C28H26FN3O5S.C11H17NO5S2/c2*1-35(45(4,39)40)14-15-37-19-27-28(32(37)38)31(44-20-22-8-12-25(43-3)13-9-22)29-26(30(27)36(2)46(5,41)42)17-23(18-34-29)16-21-6-10-24(33)11-7-21;1-32(38(3,34)35)26-22-13-19(12-17-4-8-20(29)9-5-17)14-30-25(22)27(24-23(26)15-31-28(24)33)37-16-18-6-10-21(36-2)11-7-18;1-10-4-6-11(7-5-10)19(15,16)17-9-8-12(2)18(3,13)14/h2*6-13,17-18H,14-16,19-20H2,1-5H3;4-11,13-14H,12,15-16H2,1-3H3,(H,31,33);4-7H,8-9H2,1-3H3. The van der Waals surface area contributed by atoms with Crippen molar-refractivity contribution in [3.05, 3.63) is 313 Å². The van der Waals surface area contributed by atoms with Crippen LogP contribution in [0.2, 0.25) is 0 Å². The lowest BCUT2D eigenvalue weighted by Gasteiger charge is -2.24. The van der Waals surface area contributed by atoms with Gasteiger partial charge in [-0.2, -0.15) is 8.42 Å². The highest BCUT2D eigenvalue weighted by Gasteiger charge is 2.42. The molecule has 0 radical (unpaired) electrons. The average Bonchev–Trinajstić information content (AvgIpc) is 1.60. The number of sulfonamides is 6. The van der Waals surface area contributed by atoms with Gasteiger partial charge in [-0.3, -0.25) is 46.4 Å². The zero-order valence-corrected chi connectivity index (χ0v) is 90.2. The van der Waals surface area contributed by atoms with E-state index >= 15 is 0 Å². The number of aromatic nitrogens is 3. The number of aryl methyl sites for hydroxylation is 1. The molecule has 13 aromatic rings. The van der Waals surface area contributed by atoms with Crippen molar-refractivity contribution in [1.82, 2.24) is 43.0 Å². The van der Waals surface area contributed by atoms with Crippen LogP contribution in [-0.4, -0.2) is 255 Å². The van der Waals surface area contributed by atoms with E-state index < -0.39 is 82.1 Å². The summed E-state index contributed by atoms with van der Waals surface area (Å²) in [5.74, 6) is 0.489. The monoisotopic (exact) mass is 2180 g/mol. The molecule has 0 aliphatic carbocycles. The zero-order valence-electron chi connectivity index (χ0n) is 84.4. The van der Waals surface area contributed by atoms with Crippen LogP contribution in [0.1, 0.15) is 103 Å². The smallest absolute Gasteiger partial charge is 0.297 e. The molecule has 46 heteroatoms. The van der Waals surface area contributed by atoms with Crippen LogP contribution in [0.4, 0.5) is 30.2 Å². The van der Waals surface area contributed by atoms with Gasteiger partial charge in [0.15, 0.2) is 17.2 Å². The Kier molecular flexibility index (Phi) is 35.2. The molecule has 1 N–H and O–H groups in total. The van der Waals surface area contributed by atoms with Crippen LogP contribution in [0.3, 0.4) is 0 Å². The number of benzene rings is 10. The molecule has 3 aliphatic rings. The Morgan fingerprint density at radius 3 is 0.940 bits per heavy atom. The maximum Gasteiger partial charge on any atom is 0.297 e. The van der Waals surface area contributed by atoms with Gasteiger partial charge in [0.25, 0.3) is 27.8 Å². The minimum absolute atomic E-state index is 0.0239. The molecule has 0 bridgehead atoms. The highest BCUT2D eigenvalue weighted by Crippen LogP contribution is 2.49. The number of likely N-dealkylation sites (N-methyl/N-ethyl adjacent to an activating group) is 3. The van der Waals surface area contributed by atoms with E-state index in [9.17, 15) is 86.5 Å². The third-order valence-electron chi connectivity index (χ3n) is 25.1. The maximum absolute atomic E-state index is 14.0. The van der Waals surface area contributed by atoms with E-state index in [1.807, 2.05) is 73.7 Å². The molecular formula is C103H113F3N12O24S7. The minimum Gasteiger partial charge on any atom is -0.497 e. The van der Waals surface area contributed by atoms with Gasteiger partial charge in [0, 0.05) is 146 Å². The molecule has 792 valence electrons. The van der Waals surface area contributed by atoms with Gasteiger partial charge in [-0.1, -0.05) is 90.5 Å². The molecule has 0 spiro atoms. The van der Waals surface area contributed by atoms with E-state index in [0.29, 0.717) is 97.3 Å². The van der Waals surface area contributed by atoms with Gasteiger partial charge in [-0.15, -0.1) is 0 Å². The zero-order chi connectivity index (χ0) is 108. The summed E-state index contributed by atoms with van der Waals surface area (Å²) in [7, 11) is -12.2. The Balaban J connectivity index is 0.000000172. The Morgan fingerprint density at radius 2 is 0.644 bits per heavy atom. The van der Waals surface area contributed by atoms with Crippen molar-refractivity contribution in [3.8, 4) is 34.5 Å². The van der Waals surface area contributed by atoms with Crippen molar-refractivity contribution in [2.24, 2.45) is 0 Å². The fraction of sp³-hybridized carbons (Fsp3) is 0.301. The minimum atomic E-state index is -3.84. The number of halogens is 3. The number of anilines is 3. The van der Waals surface area contributed by atoms with Gasteiger partial charge in [-0.05, 0) is 179 Å². The SMILES string of the molecule is COc1ccc(COc2c3c(c(N(C)S(C)(=O)=O)c4cc(Cc5ccc(F)cc5)cnc24)CN(CCN(C)S(C)(=O)=O)C3=O)cc1.COc1ccc(COc2c3c(c(N(C)S(C)(=O)=O)c4cc(Cc5ccc(F)cc5)cnc24)CN(CCN(C)S(C)(=O)=O)C3=O)cc1.COc1ccc(COc2c3c(c(N(C)S(C)(=O)=O)c4cc(Cc5ccc(F)cc5)cnc24)CNC3=O)cc1.Cc1ccc(S(=O)(=O)OCCN(C)S(C)(=O)=O)cc1. The summed E-state index contributed by atoms with van der Waals surface area (Å²) in [6.45, 7) is 2.34. The summed E-state index contributed by atoms with van der Waals surface area (Å²) in [5.41, 5.74) is 12.1. The molecule has 16 rings (SSSR count). The van der Waals surface area contributed by atoms with E-state index in [2.05, 4.69) is 10.3 Å². The second-order valence-corrected chi connectivity index (χ2v) is 49.7. The van der Waals surface area contributed by atoms with Crippen molar-refractivity contribution in [2.45, 2.75) is 70.5 Å². The predicted octanol–water partition coefficient (Wildman–Crippen LogP) is 12.4. The third-order valence-corrected chi connectivity index (χ3v) is 33.9. The Labute approximate surface area is 865 Å². The van der Waals surface area contributed by atoms with Crippen LogP contribution in [-0.2, 0) is 133 Å². The number of carbonyl (C=O) groups is 3. The molecule has 6 heterocycles. The van der Waals surface area contributed by atoms with Crippen LogP contribution in [0.15, 0.2) is 212 Å². The largest absolute Gasteiger partial charge is 0.497 e. The fourth-order valence-corrected chi connectivity index (χ4v) is 20.1.